The molecule has 0 aromatic rings. The molecule has 4 heteroatoms. The van der Waals surface area contributed by atoms with Gasteiger partial charge in [0.2, 0.25) is 0 Å². The van der Waals surface area contributed by atoms with E-state index in [1.54, 1.807) is 0 Å². The first-order chi connectivity index (χ1) is 10.1. The highest BCUT2D eigenvalue weighted by atomic mass is 16.5. The number of likely N-dealkylation sites (tertiary alicyclic amines) is 1. The van der Waals surface area contributed by atoms with Gasteiger partial charge in [-0.25, -0.2) is 0 Å². The molecule has 4 nitrogen and oxygen atoms in total. The van der Waals surface area contributed by atoms with Gasteiger partial charge in [0.15, 0.2) is 0 Å². The average Bonchev–Trinajstić information content (AvgIpc) is 2.48. The Kier molecular flexibility index (Phi) is 8.27. The highest BCUT2D eigenvalue weighted by Gasteiger charge is 2.36. The molecule has 0 amide bonds. The standard InChI is InChI=1S/C17H34N2O2/c1-5-8-15-9-12-19(13-10-15)14-17(4,18-11-6-2)16(20)21-7-3/h15,18H,5-14H2,1-4H3. The summed E-state index contributed by atoms with van der Waals surface area (Å²) >= 11 is 0. The first-order valence-electron chi connectivity index (χ1n) is 8.70. The zero-order valence-corrected chi connectivity index (χ0v) is 14.4. The monoisotopic (exact) mass is 298 g/mol. The predicted molar refractivity (Wildman–Crippen MR) is 87.4 cm³/mol. The van der Waals surface area contributed by atoms with E-state index in [2.05, 4.69) is 24.1 Å². The fourth-order valence-corrected chi connectivity index (χ4v) is 3.17. The van der Waals surface area contributed by atoms with E-state index in [9.17, 15) is 4.79 Å². The van der Waals surface area contributed by atoms with Crippen molar-refractivity contribution in [2.75, 3.05) is 32.8 Å². The van der Waals surface area contributed by atoms with Crippen LogP contribution in [0.4, 0.5) is 0 Å². The number of hydrogen-bond donors (Lipinski definition) is 1. The maximum Gasteiger partial charge on any atom is 0.327 e. The molecular weight excluding hydrogens is 264 g/mol. The number of rotatable bonds is 9. The molecule has 0 radical (unpaired) electrons. The van der Waals surface area contributed by atoms with E-state index in [-0.39, 0.29) is 5.97 Å². The van der Waals surface area contributed by atoms with E-state index in [1.165, 1.54) is 25.7 Å². The second-order valence-corrected chi connectivity index (χ2v) is 6.49. The molecule has 1 saturated heterocycles. The molecule has 1 heterocycles. The van der Waals surface area contributed by atoms with Crippen LogP contribution in [0.3, 0.4) is 0 Å². The Bertz CT molecular complexity index is 301. The Hall–Kier alpha value is -0.610. The first kappa shape index (κ1) is 18.4. The fourth-order valence-electron chi connectivity index (χ4n) is 3.17. The quantitative estimate of drug-likeness (QED) is 0.665. The van der Waals surface area contributed by atoms with E-state index in [0.717, 1.165) is 38.5 Å². The van der Waals surface area contributed by atoms with Crippen molar-refractivity contribution in [2.45, 2.75) is 65.3 Å². The van der Waals surface area contributed by atoms with Crippen LogP contribution in [-0.2, 0) is 9.53 Å². The molecule has 0 spiro atoms. The summed E-state index contributed by atoms with van der Waals surface area (Å²) in [7, 11) is 0. The van der Waals surface area contributed by atoms with Crippen molar-refractivity contribution in [1.29, 1.82) is 0 Å². The lowest BCUT2D eigenvalue weighted by molar-refractivity contribution is -0.151. The second kappa shape index (κ2) is 9.42. The lowest BCUT2D eigenvalue weighted by Gasteiger charge is -2.38. The molecule has 1 unspecified atom stereocenters. The van der Waals surface area contributed by atoms with Crippen molar-refractivity contribution >= 4 is 5.97 Å². The van der Waals surface area contributed by atoms with Crippen molar-refractivity contribution in [2.24, 2.45) is 5.92 Å². The minimum absolute atomic E-state index is 0.117. The second-order valence-electron chi connectivity index (χ2n) is 6.49. The van der Waals surface area contributed by atoms with E-state index in [0.29, 0.717) is 6.61 Å². The van der Waals surface area contributed by atoms with Gasteiger partial charge in [-0.1, -0.05) is 26.7 Å². The Morgan fingerprint density at radius 1 is 1.24 bits per heavy atom. The lowest BCUT2D eigenvalue weighted by Crippen LogP contribution is -2.58. The zero-order chi connectivity index (χ0) is 15.7. The minimum atomic E-state index is -0.580. The number of nitrogens with one attached hydrogen (secondary N) is 1. The molecule has 0 saturated carbocycles. The molecule has 1 aliphatic heterocycles. The molecule has 1 N–H and O–H groups in total. The molecule has 0 aliphatic carbocycles. The SMILES string of the molecule is CCCNC(C)(CN1CCC(CCC)CC1)C(=O)OCC. The minimum Gasteiger partial charge on any atom is -0.465 e. The number of carbonyl (C=O) groups is 1. The van der Waals surface area contributed by atoms with Crippen LogP contribution in [0.15, 0.2) is 0 Å². The van der Waals surface area contributed by atoms with E-state index < -0.39 is 5.54 Å². The summed E-state index contributed by atoms with van der Waals surface area (Å²) in [4.78, 5) is 14.7. The summed E-state index contributed by atoms with van der Waals surface area (Å²) in [6, 6.07) is 0. The summed E-state index contributed by atoms with van der Waals surface area (Å²) in [5.74, 6) is 0.762. The van der Waals surface area contributed by atoms with Crippen LogP contribution < -0.4 is 5.32 Å². The van der Waals surface area contributed by atoms with Crippen LogP contribution in [-0.4, -0.2) is 49.2 Å². The van der Waals surface area contributed by atoms with Crippen LogP contribution in [0.5, 0.6) is 0 Å². The Labute approximate surface area is 130 Å². The molecule has 0 aromatic carbocycles. The zero-order valence-electron chi connectivity index (χ0n) is 14.4. The number of hydrogen-bond acceptors (Lipinski definition) is 4. The van der Waals surface area contributed by atoms with Gasteiger partial charge in [-0.05, 0) is 58.7 Å². The molecule has 0 aromatic heterocycles. The Morgan fingerprint density at radius 3 is 2.43 bits per heavy atom. The third-order valence-electron chi connectivity index (χ3n) is 4.44. The van der Waals surface area contributed by atoms with Gasteiger partial charge in [0.25, 0.3) is 0 Å². The summed E-state index contributed by atoms with van der Waals surface area (Å²) in [6.45, 7) is 12.5. The van der Waals surface area contributed by atoms with Crippen molar-refractivity contribution in [1.82, 2.24) is 10.2 Å². The largest absolute Gasteiger partial charge is 0.465 e. The third-order valence-corrected chi connectivity index (χ3v) is 4.44. The van der Waals surface area contributed by atoms with Gasteiger partial charge < -0.3 is 15.0 Å². The van der Waals surface area contributed by atoms with E-state index in [4.69, 9.17) is 4.74 Å². The Morgan fingerprint density at radius 2 is 1.90 bits per heavy atom. The van der Waals surface area contributed by atoms with E-state index >= 15 is 0 Å². The lowest BCUT2D eigenvalue weighted by atomic mass is 9.91. The summed E-state index contributed by atoms with van der Waals surface area (Å²) in [6.07, 6.45) is 6.18. The molecule has 1 fully saturated rings. The van der Waals surface area contributed by atoms with Gasteiger partial charge in [0, 0.05) is 6.54 Å². The van der Waals surface area contributed by atoms with Crippen LogP contribution >= 0.6 is 0 Å². The maximum atomic E-state index is 12.3. The van der Waals surface area contributed by atoms with Crippen molar-refractivity contribution in [3.63, 3.8) is 0 Å². The van der Waals surface area contributed by atoms with Crippen molar-refractivity contribution < 1.29 is 9.53 Å². The number of nitrogens with zero attached hydrogens (tertiary/aromatic N) is 1. The van der Waals surface area contributed by atoms with Crippen LogP contribution in [0, 0.1) is 5.92 Å². The molecule has 1 aliphatic rings. The molecule has 124 valence electrons. The third kappa shape index (κ3) is 5.95. The normalized spacial score (nSPS) is 20.2. The smallest absolute Gasteiger partial charge is 0.327 e. The molecule has 1 atom stereocenters. The summed E-state index contributed by atoms with van der Waals surface area (Å²) in [5.41, 5.74) is -0.580. The van der Waals surface area contributed by atoms with E-state index in [1.807, 2.05) is 13.8 Å². The Balaban J connectivity index is 2.54. The van der Waals surface area contributed by atoms with Gasteiger partial charge in [0.1, 0.15) is 5.54 Å². The average molecular weight is 298 g/mol. The molecule has 0 bridgehead atoms. The molecular formula is C17H34N2O2. The maximum absolute atomic E-state index is 12.3. The van der Waals surface area contributed by atoms with Gasteiger partial charge in [-0.2, -0.15) is 0 Å². The summed E-state index contributed by atoms with van der Waals surface area (Å²) in [5, 5.41) is 3.40. The number of ether oxygens (including phenoxy) is 1. The van der Waals surface area contributed by atoms with Gasteiger partial charge in [-0.15, -0.1) is 0 Å². The van der Waals surface area contributed by atoms with Gasteiger partial charge in [0.05, 0.1) is 6.61 Å². The van der Waals surface area contributed by atoms with Crippen molar-refractivity contribution in [3.05, 3.63) is 0 Å². The van der Waals surface area contributed by atoms with Crippen LogP contribution in [0.25, 0.3) is 0 Å². The fraction of sp³-hybridized carbons (Fsp3) is 0.941. The number of carbonyl (C=O) groups excluding carboxylic acids is 1. The van der Waals surface area contributed by atoms with Crippen LogP contribution in [0.1, 0.15) is 59.8 Å². The molecule has 1 rings (SSSR count). The number of piperidine rings is 1. The first-order valence-corrected chi connectivity index (χ1v) is 8.70. The highest BCUT2D eigenvalue weighted by molar-refractivity contribution is 5.80. The molecule has 21 heavy (non-hydrogen) atoms. The van der Waals surface area contributed by atoms with Crippen LogP contribution in [0.2, 0.25) is 0 Å². The summed E-state index contributed by atoms with van der Waals surface area (Å²) < 4.78 is 5.28. The number of esters is 1. The van der Waals surface area contributed by atoms with Crippen molar-refractivity contribution in [3.8, 4) is 0 Å². The highest BCUT2D eigenvalue weighted by Crippen LogP contribution is 2.23. The predicted octanol–water partition coefficient (Wildman–Crippen LogP) is 2.82. The van der Waals surface area contributed by atoms with Gasteiger partial charge in [-0.3, -0.25) is 4.79 Å². The topological polar surface area (TPSA) is 41.6 Å². The van der Waals surface area contributed by atoms with Gasteiger partial charge >= 0.3 is 5.97 Å².